The number of anilines is 1. The molecule has 0 unspecified atom stereocenters. The van der Waals surface area contributed by atoms with Gasteiger partial charge in [0.15, 0.2) is 17.3 Å². The van der Waals surface area contributed by atoms with Gasteiger partial charge < -0.3 is 19.3 Å². The molecule has 1 aromatic heterocycles. The predicted octanol–water partition coefficient (Wildman–Crippen LogP) is 0.751. The first-order chi connectivity index (χ1) is 15.7. The Hall–Kier alpha value is -2.37. The van der Waals surface area contributed by atoms with E-state index in [2.05, 4.69) is 14.7 Å². The summed E-state index contributed by atoms with van der Waals surface area (Å²) in [4.78, 5) is 8.15. The summed E-state index contributed by atoms with van der Waals surface area (Å²) in [7, 11) is -2.52. The van der Waals surface area contributed by atoms with E-state index in [4.69, 9.17) is 19.3 Å². The molecular formula is C23H27N3NaO6S+. The van der Waals surface area contributed by atoms with Crippen molar-refractivity contribution in [1.29, 1.82) is 0 Å². The zero-order valence-corrected chi connectivity index (χ0v) is 22.7. The van der Waals surface area contributed by atoms with Crippen LogP contribution in [0.5, 0.6) is 23.1 Å². The predicted molar refractivity (Wildman–Crippen MR) is 124 cm³/mol. The maximum Gasteiger partial charge on any atom is 1.00 e. The quantitative estimate of drug-likeness (QED) is 0.417. The van der Waals surface area contributed by atoms with Crippen LogP contribution in [0.3, 0.4) is 0 Å². The fourth-order valence-corrected chi connectivity index (χ4v) is 3.91. The van der Waals surface area contributed by atoms with Gasteiger partial charge in [0.05, 0.1) is 18.6 Å². The van der Waals surface area contributed by atoms with Crippen molar-refractivity contribution in [2.45, 2.75) is 31.1 Å². The van der Waals surface area contributed by atoms with Gasteiger partial charge in [-0.25, -0.2) is 13.4 Å². The number of methoxy groups -OCH3 is 1. The maximum atomic E-state index is 13.1. The monoisotopic (exact) mass is 496 g/mol. The van der Waals surface area contributed by atoms with E-state index in [9.17, 15) is 8.42 Å². The van der Waals surface area contributed by atoms with Gasteiger partial charge in [-0.05, 0) is 35.2 Å². The van der Waals surface area contributed by atoms with Crippen LogP contribution in [-0.2, 0) is 15.4 Å². The van der Waals surface area contributed by atoms with Crippen molar-refractivity contribution >= 4 is 15.8 Å². The Morgan fingerprint density at radius 3 is 2.24 bits per heavy atom. The minimum Gasteiger partial charge on any atom is -0.493 e. The van der Waals surface area contributed by atoms with Crippen molar-refractivity contribution in [3.8, 4) is 23.1 Å². The molecule has 11 heteroatoms. The van der Waals surface area contributed by atoms with Crippen LogP contribution >= 0.6 is 0 Å². The minimum absolute atomic E-state index is 0. The number of aromatic nitrogens is 2. The van der Waals surface area contributed by atoms with Gasteiger partial charge >= 0.3 is 29.6 Å². The van der Waals surface area contributed by atoms with E-state index < -0.39 is 10.0 Å². The van der Waals surface area contributed by atoms with E-state index in [-0.39, 0.29) is 70.5 Å². The number of nitrogens with zero attached hydrogens (tertiary/aromatic N) is 2. The van der Waals surface area contributed by atoms with Gasteiger partial charge in [0.25, 0.3) is 15.9 Å². The van der Waals surface area contributed by atoms with Gasteiger partial charge in [-0.2, -0.15) is 4.98 Å². The molecule has 34 heavy (non-hydrogen) atoms. The molecule has 0 atom stereocenters. The van der Waals surface area contributed by atoms with Gasteiger partial charge in [-0.15, -0.1) is 0 Å². The molecule has 2 N–H and O–H groups in total. The Kier molecular flexibility index (Phi) is 9.72. The largest absolute Gasteiger partial charge is 1.00 e. The molecular weight excluding hydrogens is 469 g/mol. The summed E-state index contributed by atoms with van der Waals surface area (Å²) in [5, 5.41) is 9.13. The number of ether oxygens (including phenoxy) is 3. The van der Waals surface area contributed by atoms with Crippen LogP contribution in [-0.4, -0.2) is 43.8 Å². The van der Waals surface area contributed by atoms with Crippen molar-refractivity contribution < 1.29 is 57.3 Å². The van der Waals surface area contributed by atoms with E-state index in [0.717, 1.165) is 11.9 Å². The van der Waals surface area contributed by atoms with Gasteiger partial charge in [-0.3, -0.25) is 4.72 Å². The summed E-state index contributed by atoms with van der Waals surface area (Å²) in [6.07, 6.45) is 1.14. The zero-order chi connectivity index (χ0) is 24.1. The number of aliphatic hydroxyl groups excluding tert-OH is 1. The second-order valence-electron chi connectivity index (χ2n) is 8.06. The third kappa shape index (κ3) is 6.83. The molecule has 0 amide bonds. The third-order valence-corrected chi connectivity index (χ3v) is 6.00. The smallest absolute Gasteiger partial charge is 0.493 e. The number of aliphatic hydroxyl groups is 1. The summed E-state index contributed by atoms with van der Waals surface area (Å²) in [5.74, 6) is 0.500. The van der Waals surface area contributed by atoms with E-state index >= 15 is 0 Å². The molecule has 0 saturated carbocycles. The molecule has 0 radical (unpaired) electrons. The second-order valence-corrected chi connectivity index (χ2v) is 9.74. The molecule has 0 bridgehead atoms. The number of nitrogens with one attached hydrogen (secondary N) is 1. The van der Waals surface area contributed by atoms with Crippen molar-refractivity contribution in [2.24, 2.45) is 0 Å². The molecule has 0 aliphatic carbocycles. The van der Waals surface area contributed by atoms with Crippen LogP contribution < -0.4 is 48.5 Å². The molecule has 176 valence electrons. The Labute approximate surface area is 221 Å². The number of hydrogen-bond acceptors (Lipinski definition) is 8. The van der Waals surface area contributed by atoms with Crippen molar-refractivity contribution in [2.75, 3.05) is 25.0 Å². The van der Waals surface area contributed by atoms with Gasteiger partial charge in [0.2, 0.25) is 5.75 Å². The molecule has 3 rings (SSSR count). The number of sulfonamides is 1. The molecule has 9 nitrogen and oxygen atoms in total. The first-order valence-electron chi connectivity index (χ1n) is 10.2. The van der Waals surface area contributed by atoms with Crippen molar-refractivity contribution in [3.05, 3.63) is 60.4 Å². The summed E-state index contributed by atoms with van der Waals surface area (Å²) in [6.45, 7) is 5.81. The van der Waals surface area contributed by atoms with E-state index in [1.807, 2.05) is 20.8 Å². The Morgan fingerprint density at radius 2 is 1.65 bits per heavy atom. The van der Waals surface area contributed by atoms with Crippen LogP contribution in [0.15, 0.2) is 59.8 Å². The van der Waals surface area contributed by atoms with E-state index in [1.54, 1.807) is 36.4 Å². The van der Waals surface area contributed by atoms with Gasteiger partial charge in [-0.1, -0.05) is 45.0 Å². The molecule has 0 spiro atoms. The molecule has 1 heterocycles. The van der Waals surface area contributed by atoms with Gasteiger partial charge in [0.1, 0.15) is 12.9 Å². The summed E-state index contributed by atoms with van der Waals surface area (Å²) >= 11 is 0. The fourth-order valence-electron chi connectivity index (χ4n) is 2.90. The molecule has 0 aliphatic heterocycles. The average molecular weight is 497 g/mol. The number of para-hydroxylation sites is 2. The SMILES string of the molecule is COc1ccccc1Oc1c(NS(=O)(=O)c2ccc(C(C)(C)C)cc2)ncnc1OCCO.[Na+]. The first kappa shape index (κ1) is 27.9. The van der Waals surface area contributed by atoms with Crippen LogP contribution in [0.25, 0.3) is 0 Å². The van der Waals surface area contributed by atoms with Crippen LogP contribution in [0.4, 0.5) is 5.82 Å². The minimum atomic E-state index is -4.00. The number of hydrogen-bond donors (Lipinski definition) is 2. The summed E-state index contributed by atoms with van der Waals surface area (Å²) in [5.41, 5.74) is 0.889. The fraction of sp³-hybridized carbons (Fsp3) is 0.304. The second kappa shape index (κ2) is 11.9. The first-order valence-corrected chi connectivity index (χ1v) is 11.7. The topological polar surface area (TPSA) is 120 Å². The van der Waals surface area contributed by atoms with Gasteiger partial charge in [0, 0.05) is 0 Å². The van der Waals surface area contributed by atoms with Crippen LogP contribution in [0.2, 0.25) is 0 Å². The van der Waals surface area contributed by atoms with Crippen molar-refractivity contribution in [3.63, 3.8) is 0 Å². The number of benzene rings is 2. The zero-order valence-electron chi connectivity index (χ0n) is 19.9. The van der Waals surface area contributed by atoms with Crippen LogP contribution in [0, 0.1) is 0 Å². The Balaban J connectivity index is 0.00000408. The summed E-state index contributed by atoms with van der Waals surface area (Å²) in [6, 6.07) is 13.5. The molecule has 2 aromatic carbocycles. The molecule has 0 saturated heterocycles. The summed E-state index contributed by atoms with van der Waals surface area (Å²) < 4.78 is 45.3. The normalized spacial score (nSPS) is 11.3. The van der Waals surface area contributed by atoms with Crippen LogP contribution in [0.1, 0.15) is 26.3 Å². The molecule has 0 aliphatic rings. The molecule has 3 aromatic rings. The van der Waals surface area contributed by atoms with Crippen molar-refractivity contribution in [1.82, 2.24) is 9.97 Å². The average Bonchev–Trinajstić information content (AvgIpc) is 2.79. The Morgan fingerprint density at radius 1 is 1.00 bits per heavy atom. The Bertz CT molecular complexity index is 1200. The van der Waals surface area contributed by atoms with E-state index in [1.165, 1.54) is 19.2 Å². The maximum absolute atomic E-state index is 13.1. The third-order valence-electron chi connectivity index (χ3n) is 4.64. The standard InChI is InChI=1S/C23H27N3O6S.Na/c1-23(2,3)16-9-11-17(12-10-16)33(28,29)26-21-20(22(25-15-24-21)31-14-13-27)32-19-8-6-5-7-18(19)30-4;/h5-12,15,27H,13-14H2,1-4H3,(H,24,25,26);/q;+1. The molecule has 0 fully saturated rings. The van der Waals surface area contributed by atoms with E-state index in [0.29, 0.717) is 11.5 Å². The number of rotatable bonds is 9.